The van der Waals surface area contributed by atoms with E-state index in [0.29, 0.717) is 32.0 Å². The molecule has 8 nitrogen and oxygen atoms in total. The quantitative estimate of drug-likeness (QED) is 0.608. The Bertz CT molecular complexity index is 537. The van der Waals surface area contributed by atoms with Gasteiger partial charge in [0, 0.05) is 58.7 Å². The molecule has 2 unspecified atom stereocenters. The fourth-order valence-corrected chi connectivity index (χ4v) is 3.36. The van der Waals surface area contributed by atoms with E-state index in [1.807, 2.05) is 16.6 Å². The molecule has 1 aromatic heterocycles. The number of likely N-dealkylation sites (N-methyl/N-ethyl adjacent to an activating group) is 1. The highest BCUT2D eigenvalue weighted by atomic mass is 16.5. The molecule has 1 aromatic rings. The highest BCUT2D eigenvalue weighted by Gasteiger charge is 2.25. The zero-order valence-electron chi connectivity index (χ0n) is 14.5. The van der Waals surface area contributed by atoms with E-state index in [-0.39, 0.29) is 11.9 Å². The lowest BCUT2D eigenvalue weighted by atomic mass is 10.1. The Morgan fingerprint density at radius 1 is 1.46 bits per heavy atom. The minimum absolute atomic E-state index is 0.163. The lowest BCUT2D eigenvalue weighted by Crippen LogP contribution is -2.41. The lowest BCUT2D eigenvalue weighted by Gasteiger charge is -2.20. The van der Waals surface area contributed by atoms with E-state index in [4.69, 9.17) is 4.74 Å². The van der Waals surface area contributed by atoms with Crippen LogP contribution in [-0.2, 0) is 29.0 Å². The van der Waals surface area contributed by atoms with Gasteiger partial charge in [-0.3, -0.25) is 20.3 Å². The van der Waals surface area contributed by atoms with E-state index in [9.17, 15) is 4.79 Å². The van der Waals surface area contributed by atoms with E-state index < -0.39 is 0 Å². The summed E-state index contributed by atoms with van der Waals surface area (Å²) in [6.45, 7) is 4.12. The monoisotopic (exact) mass is 336 g/mol. The molecule has 0 radical (unpaired) electrons. The average Bonchev–Trinajstić information content (AvgIpc) is 3.19. The second-order valence-corrected chi connectivity index (χ2v) is 6.67. The topological polar surface area (TPSA) is 83.5 Å². The highest BCUT2D eigenvalue weighted by Crippen LogP contribution is 2.11. The van der Waals surface area contributed by atoms with Crippen LogP contribution in [0, 0.1) is 0 Å². The molecule has 2 atom stereocenters. The van der Waals surface area contributed by atoms with Crippen LogP contribution >= 0.6 is 0 Å². The minimum Gasteiger partial charge on any atom is -0.383 e. The molecule has 1 fully saturated rings. The summed E-state index contributed by atoms with van der Waals surface area (Å²) in [4.78, 5) is 14.2. The highest BCUT2D eigenvalue weighted by molar-refractivity contribution is 5.76. The van der Waals surface area contributed by atoms with Crippen LogP contribution in [-0.4, -0.2) is 66.5 Å². The summed E-state index contributed by atoms with van der Waals surface area (Å²) < 4.78 is 7.20. The maximum Gasteiger partial charge on any atom is 0.222 e. The van der Waals surface area contributed by atoms with Gasteiger partial charge in [-0.15, -0.1) is 0 Å². The second-order valence-electron chi connectivity index (χ2n) is 6.67. The number of methoxy groups -OCH3 is 1. The van der Waals surface area contributed by atoms with Gasteiger partial charge in [0.1, 0.15) is 0 Å². The summed E-state index contributed by atoms with van der Waals surface area (Å²) in [6, 6.07) is 2.69. The average molecular weight is 336 g/mol. The van der Waals surface area contributed by atoms with Gasteiger partial charge in [-0.2, -0.15) is 5.10 Å². The third-order valence-electron chi connectivity index (χ3n) is 4.66. The maximum atomic E-state index is 12.4. The third kappa shape index (κ3) is 4.32. The number of aromatic nitrogens is 2. The summed E-state index contributed by atoms with van der Waals surface area (Å²) in [7, 11) is 3.57. The normalized spacial score (nSPS) is 23.2. The number of aryl methyl sites for hydroxylation is 1. The van der Waals surface area contributed by atoms with Crippen molar-refractivity contribution in [1.29, 1.82) is 0 Å². The van der Waals surface area contributed by atoms with Crippen molar-refractivity contribution in [3.05, 3.63) is 17.5 Å². The molecular weight excluding hydrogens is 308 g/mol. The summed E-state index contributed by atoms with van der Waals surface area (Å²) in [5, 5.41) is 7.92. The zero-order chi connectivity index (χ0) is 16.9. The van der Waals surface area contributed by atoms with Gasteiger partial charge in [0.15, 0.2) is 0 Å². The van der Waals surface area contributed by atoms with Gasteiger partial charge in [0.25, 0.3) is 0 Å². The Hall–Kier alpha value is -1.48. The first-order chi connectivity index (χ1) is 11.7. The van der Waals surface area contributed by atoms with Crippen molar-refractivity contribution >= 4 is 5.91 Å². The summed E-state index contributed by atoms with van der Waals surface area (Å²) in [5.41, 5.74) is 8.66. The molecule has 2 aliphatic heterocycles. The van der Waals surface area contributed by atoms with E-state index >= 15 is 0 Å². The Morgan fingerprint density at radius 2 is 2.29 bits per heavy atom. The Morgan fingerprint density at radius 3 is 3.08 bits per heavy atom. The van der Waals surface area contributed by atoms with Crippen molar-refractivity contribution in [3.63, 3.8) is 0 Å². The molecule has 1 saturated heterocycles. The van der Waals surface area contributed by atoms with Gasteiger partial charge in [0.2, 0.25) is 5.91 Å². The van der Waals surface area contributed by atoms with Crippen LogP contribution in [0.4, 0.5) is 0 Å². The Balaban J connectivity index is 1.42. The van der Waals surface area contributed by atoms with Gasteiger partial charge >= 0.3 is 0 Å². The van der Waals surface area contributed by atoms with E-state index in [1.165, 1.54) is 5.69 Å². The van der Waals surface area contributed by atoms with Gasteiger partial charge in [-0.25, -0.2) is 0 Å². The molecule has 3 N–H and O–H groups in total. The molecule has 0 bridgehead atoms. The predicted molar refractivity (Wildman–Crippen MR) is 90.2 cm³/mol. The number of amides is 1. The van der Waals surface area contributed by atoms with Crippen LogP contribution in [0.5, 0.6) is 0 Å². The number of hydrogen-bond acceptors (Lipinski definition) is 6. The fraction of sp³-hybridized carbons (Fsp3) is 0.750. The van der Waals surface area contributed by atoms with Crippen molar-refractivity contribution < 1.29 is 9.53 Å². The first-order valence-electron chi connectivity index (χ1n) is 8.66. The fourth-order valence-electron chi connectivity index (χ4n) is 3.36. The van der Waals surface area contributed by atoms with Crippen molar-refractivity contribution in [3.8, 4) is 0 Å². The molecule has 0 aliphatic carbocycles. The summed E-state index contributed by atoms with van der Waals surface area (Å²) in [5.74, 6) is 0.163. The smallest absolute Gasteiger partial charge is 0.222 e. The lowest BCUT2D eigenvalue weighted by molar-refractivity contribution is -0.130. The number of ether oxygens (including phenoxy) is 1. The Kier molecular flexibility index (Phi) is 5.83. The maximum absolute atomic E-state index is 12.4. The number of fused-ring (bicyclic) bond motifs is 1. The number of hydrogen-bond donors (Lipinski definition) is 3. The van der Waals surface area contributed by atoms with Crippen LogP contribution in [0.1, 0.15) is 24.2 Å². The molecule has 2 aliphatic rings. The molecule has 3 heterocycles. The van der Waals surface area contributed by atoms with Crippen molar-refractivity contribution in [1.82, 2.24) is 30.8 Å². The van der Waals surface area contributed by atoms with Crippen LogP contribution in [0.2, 0.25) is 0 Å². The second kappa shape index (κ2) is 8.06. The molecule has 1 amide bonds. The van der Waals surface area contributed by atoms with Gasteiger partial charge in [-0.1, -0.05) is 0 Å². The van der Waals surface area contributed by atoms with Crippen molar-refractivity contribution in [2.75, 3.05) is 33.9 Å². The third-order valence-corrected chi connectivity index (χ3v) is 4.66. The van der Waals surface area contributed by atoms with E-state index in [1.54, 1.807) is 7.11 Å². The molecule has 24 heavy (non-hydrogen) atoms. The van der Waals surface area contributed by atoms with Crippen molar-refractivity contribution in [2.45, 2.75) is 44.4 Å². The van der Waals surface area contributed by atoms with Crippen LogP contribution in [0.3, 0.4) is 0 Å². The van der Waals surface area contributed by atoms with E-state index in [0.717, 1.165) is 31.7 Å². The first kappa shape index (κ1) is 17.3. The molecule has 0 saturated carbocycles. The van der Waals surface area contributed by atoms with Gasteiger partial charge in [-0.05, 0) is 12.5 Å². The van der Waals surface area contributed by atoms with Crippen molar-refractivity contribution in [2.24, 2.45) is 0 Å². The standard InChI is InChI=1S/C16H28N6O2/c1-21(10-13-7-14(11-24-2)19-18-13)16(23)4-3-12-8-15-9-17-5-6-22(15)20-12/h8,13-14,17-19H,3-7,9-11H2,1-2H3. The molecule has 8 heteroatoms. The molecular formula is C16H28N6O2. The molecule has 3 rings (SSSR count). The largest absolute Gasteiger partial charge is 0.383 e. The van der Waals surface area contributed by atoms with Gasteiger partial charge < -0.3 is 15.0 Å². The van der Waals surface area contributed by atoms with Crippen LogP contribution in [0.25, 0.3) is 0 Å². The summed E-state index contributed by atoms with van der Waals surface area (Å²) >= 11 is 0. The molecule has 134 valence electrons. The molecule has 0 aromatic carbocycles. The first-order valence-corrected chi connectivity index (χ1v) is 8.66. The van der Waals surface area contributed by atoms with E-state index in [2.05, 4.69) is 27.3 Å². The molecule has 0 spiro atoms. The van der Waals surface area contributed by atoms with Gasteiger partial charge in [0.05, 0.1) is 24.5 Å². The van der Waals surface area contributed by atoms with Crippen LogP contribution < -0.4 is 16.2 Å². The SMILES string of the molecule is COCC1CC(CN(C)C(=O)CCc2cc3n(n2)CCNC3)NN1. The predicted octanol–water partition coefficient (Wildman–Crippen LogP) is -0.741. The van der Waals surface area contributed by atoms with Crippen LogP contribution in [0.15, 0.2) is 6.07 Å². The number of nitrogens with zero attached hydrogens (tertiary/aromatic N) is 3. The number of carbonyl (C=O) groups excluding carboxylic acids is 1. The summed E-state index contributed by atoms with van der Waals surface area (Å²) in [6.07, 6.45) is 2.17. The number of nitrogens with one attached hydrogen (secondary N) is 3. The Labute approximate surface area is 142 Å². The zero-order valence-corrected chi connectivity index (χ0v) is 14.5. The number of rotatable bonds is 7. The minimum atomic E-state index is 0.163. The number of hydrazine groups is 1. The number of carbonyl (C=O) groups is 1.